The van der Waals surface area contributed by atoms with Gasteiger partial charge in [-0.25, -0.2) is 4.98 Å². The Labute approximate surface area is 116 Å². The van der Waals surface area contributed by atoms with Crippen molar-refractivity contribution in [3.63, 3.8) is 0 Å². The summed E-state index contributed by atoms with van der Waals surface area (Å²) >= 11 is 0. The van der Waals surface area contributed by atoms with Crippen LogP contribution >= 0.6 is 0 Å². The Morgan fingerprint density at radius 3 is 3.00 bits per heavy atom. The van der Waals surface area contributed by atoms with Gasteiger partial charge in [-0.05, 0) is 13.0 Å². The van der Waals surface area contributed by atoms with Gasteiger partial charge in [0, 0.05) is 18.0 Å². The van der Waals surface area contributed by atoms with Gasteiger partial charge < -0.3 is 15.5 Å². The van der Waals surface area contributed by atoms with Crippen LogP contribution in [0.5, 0.6) is 0 Å². The summed E-state index contributed by atoms with van der Waals surface area (Å²) < 4.78 is 5.27. The van der Waals surface area contributed by atoms with Gasteiger partial charge in [-0.15, -0.1) is 0 Å². The zero-order valence-corrected chi connectivity index (χ0v) is 11.0. The maximum atomic E-state index is 12.0. The topological polar surface area (TPSA) is 94.0 Å². The second-order valence-corrected chi connectivity index (χ2v) is 4.02. The van der Waals surface area contributed by atoms with E-state index >= 15 is 0 Å². The van der Waals surface area contributed by atoms with Crippen molar-refractivity contribution in [3.05, 3.63) is 47.4 Å². The lowest BCUT2D eigenvalue weighted by atomic mass is 10.2. The van der Waals surface area contributed by atoms with Crippen molar-refractivity contribution in [2.45, 2.75) is 13.5 Å². The number of carbonyl (C=O) groups is 1. The lowest BCUT2D eigenvalue weighted by Gasteiger charge is -2.02. The Morgan fingerprint density at radius 1 is 1.45 bits per heavy atom. The van der Waals surface area contributed by atoms with Crippen molar-refractivity contribution in [2.75, 3.05) is 6.54 Å². The molecule has 6 heteroatoms. The molecule has 0 radical (unpaired) electrons. The normalized spacial score (nSPS) is 9.70. The molecule has 20 heavy (non-hydrogen) atoms. The van der Waals surface area contributed by atoms with Crippen LogP contribution in [-0.2, 0) is 6.54 Å². The third-order valence-corrected chi connectivity index (χ3v) is 2.40. The van der Waals surface area contributed by atoms with Gasteiger partial charge in [-0.1, -0.05) is 11.8 Å². The molecule has 1 amide bonds. The fourth-order valence-electron chi connectivity index (χ4n) is 1.53. The molecule has 102 valence electrons. The molecule has 2 aromatic heterocycles. The van der Waals surface area contributed by atoms with E-state index in [1.807, 2.05) is 0 Å². The van der Waals surface area contributed by atoms with Crippen molar-refractivity contribution in [2.24, 2.45) is 5.73 Å². The Kier molecular flexibility index (Phi) is 4.47. The number of pyridine rings is 1. The molecular formula is C14H14N4O2. The van der Waals surface area contributed by atoms with Gasteiger partial charge in [-0.3, -0.25) is 9.78 Å². The van der Waals surface area contributed by atoms with Crippen molar-refractivity contribution in [3.8, 4) is 11.8 Å². The Balaban J connectivity index is 2.01. The van der Waals surface area contributed by atoms with Crippen molar-refractivity contribution in [1.29, 1.82) is 0 Å². The first-order valence-corrected chi connectivity index (χ1v) is 6.02. The van der Waals surface area contributed by atoms with Crippen LogP contribution in [0.25, 0.3) is 0 Å². The summed E-state index contributed by atoms with van der Waals surface area (Å²) in [5.41, 5.74) is 6.37. The first kappa shape index (κ1) is 13.8. The summed E-state index contributed by atoms with van der Waals surface area (Å²) in [6.45, 7) is 2.28. The van der Waals surface area contributed by atoms with Crippen LogP contribution in [0.1, 0.15) is 27.6 Å². The van der Waals surface area contributed by atoms with Gasteiger partial charge in [0.15, 0.2) is 0 Å². The Hall–Kier alpha value is -2.65. The highest BCUT2D eigenvalue weighted by Crippen LogP contribution is 2.04. The maximum absolute atomic E-state index is 12.0. The monoisotopic (exact) mass is 270 g/mol. The zero-order valence-electron chi connectivity index (χ0n) is 11.0. The summed E-state index contributed by atoms with van der Waals surface area (Å²) in [6.07, 6.45) is 4.66. The number of nitrogens with two attached hydrogens (primary N) is 1. The van der Waals surface area contributed by atoms with E-state index in [1.165, 1.54) is 6.20 Å². The Morgan fingerprint density at radius 2 is 2.30 bits per heavy atom. The number of carbonyl (C=O) groups excluding carboxylic acids is 1. The summed E-state index contributed by atoms with van der Waals surface area (Å²) in [5.74, 6) is 6.45. The molecule has 0 aliphatic heterocycles. The minimum absolute atomic E-state index is 0.228. The number of hydrogen-bond acceptors (Lipinski definition) is 5. The molecule has 0 aliphatic rings. The number of aryl methyl sites for hydroxylation is 1. The molecule has 2 aromatic rings. The van der Waals surface area contributed by atoms with Crippen LogP contribution in [0.3, 0.4) is 0 Å². The van der Waals surface area contributed by atoms with Crippen LogP contribution in [0, 0.1) is 18.8 Å². The first-order chi connectivity index (χ1) is 9.69. The van der Waals surface area contributed by atoms with Gasteiger partial charge in [-0.2, -0.15) is 0 Å². The van der Waals surface area contributed by atoms with E-state index in [9.17, 15) is 4.79 Å². The van der Waals surface area contributed by atoms with E-state index in [1.54, 1.807) is 25.4 Å². The summed E-state index contributed by atoms with van der Waals surface area (Å²) in [4.78, 5) is 19.9. The van der Waals surface area contributed by atoms with E-state index in [2.05, 4.69) is 27.1 Å². The molecule has 2 heterocycles. The molecule has 0 spiro atoms. The van der Waals surface area contributed by atoms with Crippen LogP contribution in [0.15, 0.2) is 29.1 Å². The molecule has 0 fully saturated rings. The van der Waals surface area contributed by atoms with E-state index < -0.39 is 0 Å². The number of hydrogen-bond donors (Lipinski definition) is 2. The summed E-state index contributed by atoms with van der Waals surface area (Å²) in [6, 6.07) is 1.66. The maximum Gasteiger partial charge on any atom is 0.253 e. The van der Waals surface area contributed by atoms with Crippen LogP contribution in [0.2, 0.25) is 0 Å². The second-order valence-electron chi connectivity index (χ2n) is 4.02. The summed E-state index contributed by atoms with van der Waals surface area (Å²) in [5, 5.41) is 2.70. The average Bonchev–Trinajstić information content (AvgIpc) is 2.88. The number of aromatic nitrogens is 2. The molecule has 0 saturated heterocycles. The largest absolute Gasteiger partial charge is 0.444 e. The molecule has 0 saturated carbocycles. The summed E-state index contributed by atoms with van der Waals surface area (Å²) in [7, 11) is 0. The number of amides is 1. The predicted octanol–water partition coefficient (Wildman–Crippen LogP) is 0.618. The highest BCUT2D eigenvalue weighted by Gasteiger charge is 2.08. The molecule has 2 rings (SSSR count). The smallest absolute Gasteiger partial charge is 0.253 e. The minimum atomic E-state index is -0.259. The molecule has 3 N–H and O–H groups in total. The van der Waals surface area contributed by atoms with Crippen LogP contribution < -0.4 is 11.1 Å². The van der Waals surface area contributed by atoms with Crippen molar-refractivity contribution < 1.29 is 9.21 Å². The SMILES string of the molecule is Cc1cnc(CNC(=O)c2cncc(C#CCN)c2)o1. The fourth-order valence-corrected chi connectivity index (χ4v) is 1.53. The van der Waals surface area contributed by atoms with E-state index in [0.29, 0.717) is 22.8 Å². The minimum Gasteiger partial charge on any atom is -0.444 e. The van der Waals surface area contributed by atoms with E-state index in [-0.39, 0.29) is 19.0 Å². The second kappa shape index (κ2) is 6.50. The van der Waals surface area contributed by atoms with Crippen molar-refractivity contribution in [1.82, 2.24) is 15.3 Å². The van der Waals surface area contributed by atoms with Gasteiger partial charge in [0.2, 0.25) is 5.89 Å². The molecule has 6 nitrogen and oxygen atoms in total. The predicted molar refractivity (Wildman–Crippen MR) is 72.6 cm³/mol. The Bertz CT molecular complexity index is 667. The number of nitrogens with one attached hydrogen (secondary N) is 1. The molecule has 0 bridgehead atoms. The van der Waals surface area contributed by atoms with Gasteiger partial charge in [0.1, 0.15) is 5.76 Å². The first-order valence-electron chi connectivity index (χ1n) is 6.02. The van der Waals surface area contributed by atoms with E-state index in [4.69, 9.17) is 10.2 Å². The fraction of sp³-hybridized carbons (Fsp3) is 0.214. The molecule has 0 aromatic carbocycles. The highest BCUT2D eigenvalue weighted by atomic mass is 16.4. The van der Waals surface area contributed by atoms with Crippen LogP contribution in [-0.4, -0.2) is 22.4 Å². The van der Waals surface area contributed by atoms with Crippen LogP contribution in [0.4, 0.5) is 0 Å². The molecule has 0 atom stereocenters. The van der Waals surface area contributed by atoms with Gasteiger partial charge >= 0.3 is 0 Å². The van der Waals surface area contributed by atoms with E-state index in [0.717, 1.165) is 0 Å². The molecule has 0 aliphatic carbocycles. The van der Waals surface area contributed by atoms with Gasteiger partial charge in [0.25, 0.3) is 5.91 Å². The number of oxazole rings is 1. The van der Waals surface area contributed by atoms with Gasteiger partial charge in [0.05, 0.1) is 24.8 Å². The number of rotatable bonds is 3. The lowest BCUT2D eigenvalue weighted by Crippen LogP contribution is -2.23. The quantitative estimate of drug-likeness (QED) is 0.797. The lowest BCUT2D eigenvalue weighted by molar-refractivity contribution is 0.0946. The number of nitrogens with zero attached hydrogens (tertiary/aromatic N) is 2. The third-order valence-electron chi connectivity index (χ3n) is 2.40. The average molecular weight is 270 g/mol. The molecular weight excluding hydrogens is 256 g/mol. The zero-order chi connectivity index (χ0) is 14.4. The van der Waals surface area contributed by atoms with Crippen molar-refractivity contribution >= 4 is 5.91 Å². The highest BCUT2D eigenvalue weighted by molar-refractivity contribution is 5.94. The molecule has 0 unspecified atom stereocenters. The third kappa shape index (κ3) is 3.67. The standard InChI is InChI=1S/C14H14N4O2/c1-10-6-17-13(20-10)9-18-14(19)12-5-11(3-2-4-15)7-16-8-12/h5-8H,4,9,15H2,1H3,(H,18,19).